The van der Waals surface area contributed by atoms with E-state index in [2.05, 4.69) is 5.32 Å². The summed E-state index contributed by atoms with van der Waals surface area (Å²) in [5, 5.41) is 20.8. The van der Waals surface area contributed by atoms with Crippen LogP contribution in [0.1, 0.15) is 5.56 Å². The van der Waals surface area contributed by atoms with Crippen LogP contribution in [0, 0.1) is 0 Å². The second-order valence-electron chi connectivity index (χ2n) is 3.41. The smallest absolute Gasteiger partial charge is 0.334 e. The van der Waals surface area contributed by atoms with E-state index in [0.717, 1.165) is 0 Å². The summed E-state index contributed by atoms with van der Waals surface area (Å²) < 4.78 is 4.90. The molecule has 0 radical (unpaired) electrons. The molecule has 84 valence electrons. The zero-order valence-corrected chi connectivity index (χ0v) is 8.14. The number of esters is 1. The van der Waals surface area contributed by atoms with E-state index < -0.39 is 12.0 Å². The van der Waals surface area contributed by atoms with Crippen LogP contribution in [-0.4, -0.2) is 28.6 Å². The molecule has 1 aliphatic heterocycles. The van der Waals surface area contributed by atoms with Crippen LogP contribution in [0.15, 0.2) is 12.1 Å². The van der Waals surface area contributed by atoms with Gasteiger partial charge in [-0.3, -0.25) is 4.79 Å². The molecule has 6 heteroatoms. The average Bonchev–Trinajstić information content (AvgIpc) is 2.23. The number of hydrogen-bond acceptors (Lipinski definition) is 5. The molecule has 16 heavy (non-hydrogen) atoms. The Morgan fingerprint density at radius 1 is 1.38 bits per heavy atom. The summed E-state index contributed by atoms with van der Waals surface area (Å²) in [6.07, 6.45) is 0.637. The van der Waals surface area contributed by atoms with Gasteiger partial charge in [-0.1, -0.05) is 0 Å². The zero-order valence-electron chi connectivity index (χ0n) is 8.14. The molecular weight excluding hydrogens is 214 g/mol. The van der Waals surface area contributed by atoms with Crippen molar-refractivity contribution in [2.75, 3.05) is 0 Å². The summed E-state index contributed by atoms with van der Waals surface area (Å²) in [6, 6.07) is 1.71. The highest BCUT2D eigenvalue weighted by molar-refractivity contribution is 5.83. The van der Waals surface area contributed by atoms with E-state index in [0.29, 0.717) is 12.0 Å². The van der Waals surface area contributed by atoms with Crippen molar-refractivity contribution in [1.29, 1.82) is 0 Å². The van der Waals surface area contributed by atoms with Crippen molar-refractivity contribution >= 4 is 12.4 Å². The molecule has 0 spiro atoms. The van der Waals surface area contributed by atoms with Crippen molar-refractivity contribution in [2.45, 2.75) is 12.5 Å². The lowest BCUT2D eigenvalue weighted by atomic mass is 10.0. The highest BCUT2D eigenvalue weighted by atomic mass is 16.5. The first-order valence-corrected chi connectivity index (χ1v) is 4.58. The summed E-state index contributed by atoms with van der Waals surface area (Å²) in [4.78, 5) is 21.6. The lowest BCUT2D eigenvalue weighted by molar-refractivity contribution is -0.139. The number of hydrogen-bond donors (Lipinski definition) is 3. The Labute approximate surface area is 90.5 Å². The molecule has 0 saturated carbocycles. The van der Waals surface area contributed by atoms with Gasteiger partial charge >= 0.3 is 5.97 Å². The standard InChI is InChI=1S/C10H9NO5/c12-4-11-6-1-5-2-7(13)8(14)3-9(5)16-10(6)15/h2-4,6,13-14H,1H2,(H,11,12). The fourth-order valence-corrected chi connectivity index (χ4v) is 1.55. The van der Waals surface area contributed by atoms with Crippen LogP contribution < -0.4 is 10.1 Å². The number of carbonyl (C=O) groups is 2. The summed E-state index contributed by atoms with van der Waals surface area (Å²) >= 11 is 0. The maximum absolute atomic E-state index is 11.4. The molecule has 0 fully saturated rings. The highest BCUT2D eigenvalue weighted by Gasteiger charge is 2.28. The number of phenolic OH excluding ortho intramolecular Hbond substituents is 2. The number of aromatic hydroxyl groups is 2. The van der Waals surface area contributed by atoms with E-state index in [1.165, 1.54) is 12.1 Å². The molecule has 3 N–H and O–H groups in total. The second kappa shape index (κ2) is 3.73. The summed E-state index contributed by atoms with van der Waals surface area (Å²) in [5.74, 6) is -1.04. The molecule has 1 aliphatic rings. The minimum Gasteiger partial charge on any atom is -0.504 e. The summed E-state index contributed by atoms with van der Waals surface area (Å²) in [6.45, 7) is 0. The van der Waals surface area contributed by atoms with E-state index in [-0.39, 0.29) is 23.7 Å². The molecule has 0 aromatic heterocycles. The molecule has 1 unspecified atom stereocenters. The molecule has 0 aliphatic carbocycles. The van der Waals surface area contributed by atoms with Crippen molar-refractivity contribution in [3.63, 3.8) is 0 Å². The van der Waals surface area contributed by atoms with E-state index in [4.69, 9.17) is 4.74 Å². The van der Waals surface area contributed by atoms with Crippen molar-refractivity contribution in [3.05, 3.63) is 17.7 Å². The Hall–Kier alpha value is -2.24. The van der Waals surface area contributed by atoms with Crippen LogP contribution in [0.3, 0.4) is 0 Å². The van der Waals surface area contributed by atoms with Gasteiger partial charge in [0.15, 0.2) is 11.5 Å². The Kier molecular flexibility index (Phi) is 2.40. The van der Waals surface area contributed by atoms with E-state index >= 15 is 0 Å². The van der Waals surface area contributed by atoms with Crippen LogP contribution in [0.5, 0.6) is 17.2 Å². The molecule has 2 rings (SSSR count). The Balaban J connectivity index is 2.35. The lowest BCUT2D eigenvalue weighted by Gasteiger charge is -2.22. The second-order valence-corrected chi connectivity index (χ2v) is 3.41. The van der Waals surface area contributed by atoms with Gasteiger partial charge in [-0.05, 0) is 6.07 Å². The largest absolute Gasteiger partial charge is 0.504 e. The Morgan fingerprint density at radius 2 is 2.06 bits per heavy atom. The first-order chi connectivity index (χ1) is 7.61. The van der Waals surface area contributed by atoms with Gasteiger partial charge in [0, 0.05) is 18.1 Å². The predicted octanol–water partition coefficient (Wildman–Crippen LogP) is -0.326. The number of nitrogens with one attached hydrogen (secondary N) is 1. The lowest BCUT2D eigenvalue weighted by Crippen LogP contribution is -2.43. The number of phenols is 2. The van der Waals surface area contributed by atoms with Crippen molar-refractivity contribution < 1.29 is 24.5 Å². The molecule has 1 aromatic carbocycles. The molecule has 0 saturated heterocycles. The van der Waals surface area contributed by atoms with Gasteiger partial charge in [0.05, 0.1) is 0 Å². The van der Waals surface area contributed by atoms with E-state index in [1.54, 1.807) is 0 Å². The fourth-order valence-electron chi connectivity index (χ4n) is 1.55. The minimum absolute atomic E-state index is 0.198. The van der Waals surface area contributed by atoms with Crippen LogP contribution in [0.2, 0.25) is 0 Å². The van der Waals surface area contributed by atoms with Gasteiger partial charge in [0.2, 0.25) is 6.41 Å². The molecule has 1 amide bonds. The topological polar surface area (TPSA) is 95.9 Å². The Morgan fingerprint density at radius 3 is 2.75 bits per heavy atom. The quantitative estimate of drug-likeness (QED) is 0.276. The van der Waals surface area contributed by atoms with Gasteiger partial charge in [-0.25, -0.2) is 4.79 Å². The number of amides is 1. The normalized spacial score (nSPS) is 18.5. The third kappa shape index (κ3) is 1.65. The number of carbonyl (C=O) groups excluding carboxylic acids is 2. The third-order valence-corrected chi connectivity index (χ3v) is 2.35. The predicted molar refractivity (Wildman–Crippen MR) is 52.1 cm³/mol. The molecule has 6 nitrogen and oxygen atoms in total. The zero-order chi connectivity index (χ0) is 11.7. The first kappa shape index (κ1) is 10.3. The third-order valence-electron chi connectivity index (χ3n) is 2.35. The average molecular weight is 223 g/mol. The van der Waals surface area contributed by atoms with Crippen LogP contribution in [0.4, 0.5) is 0 Å². The van der Waals surface area contributed by atoms with Crippen LogP contribution >= 0.6 is 0 Å². The van der Waals surface area contributed by atoms with Gasteiger partial charge in [0.25, 0.3) is 0 Å². The monoisotopic (exact) mass is 223 g/mol. The van der Waals surface area contributed by atoms with Crippen molar-refractivity contribution in [3.8, 4) is 17.2 Å². The summed E-state index contributed by atoms with van der Waals surface area (Å²) in [7, 11) is 0. The maximum atomic E-state index is 11.4. The number of rotatable bonds is 2. The number of fused-ring (bicyclic) bond motifs is 1. The molecule has 1 aromatic rings. The molecule has 1 atom stereocenters. The van der Waals surface area contributed by atoms with E-state index in [9.17, 15) is 19.8 Å². The Bertz CT molecular complexity index is 457. The number of benzene rings is 1. The minimum atomic E-state index is -0.756. The molecule has 1 heterocycles. The van der Waals surface area contributed by atoms with E-state index in [1.807, 2.05) is 0 Å². The van der Waals surface area contributed by atoms with Crippen molar-refractivity contribution in [2.24, 2.45) is 0 Å². The van der Waals surface area contributed by atoms with Gasteiger partial charge in [0.1, 0.15) is 11.8 Å². The maximum Gasteiger partial charge on any atom is 0.334 e. The van der Waals surface area contributed by atoms with Gasteiger partial charge < -0.3 is 20.3 Å². The van der Waals surface area contributed by atoms with Crippen LogP contribution in [-0.2, 0) is 16.0 Å². The molecule has 0 bridgehead atoms. The van der Waals surface area contributed by atoms with Crippen LogP contribution in [0.25, 0.3) is 0 Å². The SMILES string of the molecule is O=CNC1Cc2cc(O)c(O)cc2OC1=O. The van der Waals surface area contributed by atoms with Crippen molar-refractivity contribution in [1.82, 2.24) is 5.32 Å². The number of ether oxygens (including phenoxy) is 1. The molecular formula is C10H9NO5. The van der Waals surface area contributed by atoms with Gasteiger partial charge in [-0.2, -0.15) is 0 Å². The fraction of sp³-hybridized carbons (Fsp3) is 0.200. The highest BCUT2D eigenvalue weighted by Crippen LogP contribution is 2.35. The van der Waals surface area contributed by atoms with Gasteiger partial charge in [-0.15, -0.1) is 0 Å². The first-order valence-electron chi connectivity index (χ1n) is 4.58. The summed E-state index contributed by atoms with van der Waals surface area (Å²) in [5.41, 5.74) is 0.550.